The van der Waals surface area contributed by atoms with Crippen molar-refractivity contribution in [2.45, 2.75) is 0 Å². The minimum absolute atomic E-state index is 0.343. The Balaban J connectivity index is 2.08. The number of benzene rings is 2. The number of fused-ring (bicyclic) bond motifs is 1. The number of ether oxygens (including phenoxy) is 1. The van der Waals surface area contributed by atoms with Crippen LogP contribution in [0.1, 0.15) is 5.56 Å². The number of halogens is 1. The number of aliphatic carboxylic acids is 1. The normalized spacial score (nSPS) is 11.2. The molecule has 0 atom stereocenters. The first kappa shape index (κ1) is 17.5. The van der Waals surface area contributed by atoms with Gasteiger partial charge in [-0.2, -0.15) is 0 Å². The smallest absolute Gasteiger partial charge is 0.328 e. The molecule has 3 aromatic rings. The summed E-state index contributed by atoms with van der Waals surface area (Å²) in [5.74, 6) is -0.399. The first-order chi connectivity index (χ1) is 12.4. The van der Waals surface area contributed by atoms with E-state index in [4.69, 9.17) is 14.3 Å². The summed E-state index contributed by atoms with van der Waals surface area (Å²) >= 11 is 0. The van der Waals surface area contributed by atoms with Crippen molar-refractivity contribution in [3.8, 4) is 17.1 Å². The maximum atomic E-state index is 14.3. The van der Waals surface area contributed by atoms with E-state index in [1.165, 1.54) is 19.3 Å². The lowest BCUT2D eigenvalue weighted by atomic mass is 10.1. The van der Waals surface area contributed by atoms with Gasteiger partial charge < -0.3 is 19.2 Å². The van der Waals surface area contributed by atoms with Gasteiger partial charge in [0.15, 0.2) is 11.3 Å². The summed E-state index contributed by atoms with van der Waals surface area (Å²) < 4.78 is 25.5. The molecule has 1 aromatic heterocycles. The second-order valence-electron chi connectivity index (χ2n) is 5.98. The van der Waals surface area contributed by atoms with Crippen LogP contribution in [0.2, 0.25) is 0 Å². The molecule has 2 aromatic carbocycles. The molecule has 0 radical (unpaired) electrons. The summed E-state index contributed by atoms with van der Waals surface area (Å²) in [5.41, 5.74) is 2.28. The van der Waals surface area contributed by atoms with Gasteiger partial charge >= 0.3 is 5.97 Å². The maximum absolute atomic E-state index is 14.3. The van der Waals surface area contributed by atoms with Crippen molar-refractivity contribution in [3.05, 3.63) is 53.9 Å². The second kappa shape index (κ2) is 6.92. The number of methoxy groups -OCH3 is 1. The van der Waals surface area contributed by atoms with Crippen molar-refractivity contribution in [1.29, 1.82) is 0 Å². The van der Waals surface area contributed by atoms with E-state index >= 15 is 0 Å². The van der Waals surface area contributed by atoms with Crippen LogP contribution in [0.25, 0.3) is 28.4 Å². The van der Waals surface area contributed by atoms with E-state index in [-0.39, 0.29) is 5.82 Å². The molecule has 0 unspecified atom stereocenters. The third-order valence-corrected chi connectivity index (χ3v) is 3.96. The second-order valence-corrected chi connectivity index (χ2v) is 5.98. The predicted octanol–water partition coefficient (Wildman–Crippen LogP) is 4.41. The Hall–Kier alpha value is -3.28. The van der Waals surface area contributed by atoms with Gasteiger partial charge in [-0.25, -0.2) is 9.18 Å². The van der Waals surface area contributed by atoms with Crippen molar-refractivity contribution in [3.63, 3.8) is 0 Å². The molecule has 5 nitrogen and oxygen atoms in total. The highest BCUT2D eigenvalue weighted by atomic mass is 19.1. The van der Waals surface area contributed by atoms with E-state index in [1.807, 2.05) is 0 Å². The standard InChI is InChI=1S/C20H18FNO4/c1-22(2)16-6-5-13(10-15(16)21)17-11-14-8-12(4-7-19(23)24)9-18(25-3)20(14)26-17/h4-11H,1-3H3,(H,23,24)/b7-4+. The summed E-state index contributed by atoms with van der Waals surface area (Å²) in [6, 6.07) is 10.1. The van der Waals surface area contributed by atoms with Gasteiger partial charge in [0.25, 0.3) is 0 Å². The topological polar surface area (TPSA) is 62.9 Å². The van der Waals surface area contributed by atoms with Crippen LogP contribution < -0.4 is 9.64 Å². The van der Waals surface area contributed by atoms with Crippen LogP contribution in [0, 0.1) is 5.82 Å². The Morgan fingerprint density at radius 1 is 1.23 bits per heavy atom. The zero-order chi connectivity index (χ0) is 18.8. The third-order valence-electron chi connectivity index (χ3n) is 3.96. The van der Waals surface area contributed by atoms with Gasteiger partial charge in [-0.05, 0) is 48.0 Å². The Morgan fingerprint density at radius 3 is 2.62 bits per heavy atom. The fraction of sp³-hybridized carbons (Fsp3) is 0.150. The summed E-state index contributed by atoms with van der Waals surface area (Å²) in [6.07, 6.45) is 2.53. The highest BCUT2D eigenvalue weighted by molar-refractivity contribution is 5.91. The number of hydrogen-bond donors (Lipinski definition) is 1. The average Bonchev–Trinajstić information content (AvgIpc) is 3.02. The molecule has 0 spiro atoms. The molecule has 0 aliphatic heterocycles. The molecule has 0 saturated heterocycles. The fourth-order valence-corrected chi connectivity index (χ4v) is 2.72. The van der Waals surface area contributed by atoms with E-state index in [9.17, 15) is 9.18 Å². The molecule has 0 bridgehead atoms. The highest BCUT2D eigenvalue weighted by Gasteiger charge is 2.14. The van der Waals surface area contributed by atoms with Crippen molar-refractivity contribution in [2.24, 2.45) is 0 Å². The Morgan fingerprint density at radius 2 is 2.00 bits per heavy atom. The molecule has 1 heterocycles. The third kappa shape index (κ3) is 3.39. The summed E-state index contributed by atoms with van der Waals surface area (Å²) in [6.45, 7) is 0. The van der Waals surface area contributed by atoms with E-state index in [0.29, 0.717) is 33.9 Å². The molecule has 0 saturated carbocycles. The number of hydrogen-bond acceptors (Lipinski definition) is 4. The lowest BCUT2D eigenvalue weighted by Gasteiger charge is -2.13. The Labute approximate surface area is 149 Å². The maximum Gasteiger partial charge on any atom is 0.328 e. The van der Waals surface area contributed by atoms with E-state index in [1.54, 1.807) is 49.3 Å². The zero-order valence-electron chi connectivity index (χ0n) is 14.6. The molecular formula is C20H18FNO4. The number of nitrogens with zero attached hydrogens (tertiary/aromatic N) is 1. The van der Waals surface area contributed by atoms with E-state index in [0.717, 1.165) is 11.5 Å². The van der Waals surface area contributed by atoms with Gasteiger partial charge in [0.2, 0.25) is 0 Å². The number of anilines is 1. The monoisotopic (exact) mass is 355 g/mol. The molecular weight excluding hydrogens is 337 g/mol. The van der Waals surface area contributed by atoms with Crippen LogP contribution in [-0.2, 0) is 4.79 Å². The van der Waals surface area contributed by atoms with Gasteiger partial charge in [0.1, 0.15) is 11.6 Å². The molecule has 0 amide bonds. The fourth-order valence-electron chi connectivity index (χ4n) is 2.72. The molecule has 1 N–H and O–H groups in total. The van der Waals surface area contributed by atoms with Crippen LogP contribution in [0.15, 0.2) is 46.9 Å². The van der Waals surface area contributed by atoms with Gasteiger partial charge in [-0.15, -0.1) is 0 Å². The number of carboxylic acids is 1. The number of carboxylic acid groups (broad SMARTS) is 1. The van der Waals surface area contributed by atoms with Crippen molar-refractivity contribution in [2.75, 3.05) is 26.1 Å². The Bertz CT molecular complexity index is 1000. The molecule has 6 heteroatoms. The van der Waals surface area contributed by atoms with Crippen LogP contribution in [-0.4, -0.2) is 32.3 Å². The van der Waals surface area contributed by atoms with Gasteiger partial charge in [0, 0.05) is 31.1 Å². The van der Waals surface area contributed by atoms with E-state index < -0.39 is 5.97 Å². The van der Waals surface area contributed by atoms with E-state index in [2.05, 4.69) is 0 Å². The van der Waals surface area contributed by atoms with Crippen molar-refractivity contribution < 1.29 is 23.4 Å². The largest absolute Gasteiger partial charge is 0.493 e. The molecule has 134 valence electrons. The lowest BCUT2D eigenvalue weighted by molar-refractivity contribution is -0.131. The van der Waals surface area contributed by atoms with Gasteiger partial charge in [-0.3, -0.25) is 0 Å². The predicted molar refractivity (Wildman–Crippen MR) is 99.2 cm³/mol. The molecule has 0 fully saturated rings. The molecule has 0 aliphatic rings. The lowest BCUT2D eigenvalue weighted by Crippen LogP contribution is -2.10. The van der Waals surface area contributed by atoms with Crippen molar-refractivity contribution in [1.82, 2.24) is 0 Å². The van der Waals surface area contributed by atoms with Crippen LogP contribution in [0.5, 0.6) is 5.75 Å². The minimum atomic E-state index is -1.03. The average molecular weight is 355 g/mol. The molecule has 26 heavy (non-hydrogen) atoms. The van der Waals surface area contributed by atoms with Crippen LogP contribution >= 0.6 is 0 Å². The summed E-state index contributed by atoms with van der Waals surface area (Å²) in [5, 5.41) is 9.52. The first-order valence-electron chi connectivity index (χ1n) is 7.89. The molecule has 0 aliphatic carbocycles. The first-order valence-corrected chi connectivity index (χ1v) is 7.89. The highest BCUT2D eigenvalue weighted by Crippen LogP contribution is 2.36. The molecule has 3 rings (SSSR count). The summed E-state index contributed by atoms with van der Waals surface area (Å²) in [7, 11) is 5.06. The Kier molecular flexibility index (Phi) is 4.67. The SMILES string of the molecule is COc1cc(/C=C/C(=O)O)cc2cc(-c3ccc(N(C)C)c(F)c3)oc12. The summed E-state index contributed by atoms with van der Waals surface area (Å²) in [4.78, 5) is 12.4. The number of carbonyl (C=O) groups is 1. The van der Waals surface area contributed by atoms with Crippen LogP contribution in [0.4, 0.5) is 10.1 Å². The number of furan rings is 1. The van der Waals surface area contributed by atoms with Gasteiger partial charge in [0.05, 0.1) is 12.8 Å². The van der Waals surface area contributed by atoms with Crippen molar-refractivity contribution >= 4 is 28.7 Å². The zero-order valence-corrected chi connectivity index (χ0v) is 14.6. The van der Waals surface area contributed by atoms with Gasteiger partial charge in [-0.1, -0.05) is 0 Å². The minimum Gasteiger partial charge on any atom is -0.493 e. The van der Waals surface area contributed by atoms with Crippen LogP contribution in [0.3, 0.4) is 0 Å². The number of rotatable bonds is 5. The quantitative estimate of drug-likeness (QED) is 0.687.